The molecule has 2 N–H and O–H groups in total. The third-order valence-corrected chi connectivity index (χ3v) is 2.17. The largest absolute Gasteiger partial charge is 0.355 e. The van der Waals surface area contributed by atoms with Crippen molar-refractivity contribution in [3.63, 3.8) is 0 Å². The van der Waals surface area contributed by atoms with Crippen LogP contribution in [0.1, 0.15) is 5.56 Å². The summed E-state index contributed by atoms with van der Waals surface area (Å²) in [6.45, 7) is 2.64. The molecule has 0 fully saturated rings. The topological polar surface area (TPSA) is 36.4 Å². The van der Waals surface area contributed by atoms with E-state index in [0.29, 0.717) is 0 Å². The molecule has 78 valence electrons. The summed E-state index contributed by atoms with van der Waals surface area (Å²) in [5, 5.41) is 6.36. The minimum absolute atomic E-state index is 0.806. The van der Waals surface area contributed by atoms with Crippen molar-refractivity contribution >= 4 is 12.0 Å². The van der Waals surface area contributed by atoms with Crippen molar-refractivity contribution in [3.8, 4) is 0 Å². The summed E-state index contributed by atoms with van der Waals surface area (Å²) in [4.78, 5) is 4.24. The van der Waals surface area contributed by atoms with E-state index in [0.717, 1.165) is 25.6 Å². The second-order valence-electron chi connectivity index (χ2n) is 3.35. The molecule has 3 nitrogen and oxygen atoms in total. The number of nitrogens with zero attached hydrogens (tertiary/aromatic N) is 1. The van der Waals surface area contributed by atoms with E-state index in [-0.39, 0.29) is 0 Å². The van der Waals surface area contributed by atoms with Gasteiger partial charge in [-0.3, -0.25) is 4.99 Å². The Hall–Kier alpha value is -1.77. The Morgan fingerprint density at radius 2 is 2.20 bits per heavy atom. The number of aliphatic imine (C=N–C) groups is 1. The maximum Gasteiger partial charge on any atom is 0.191 e. The molecule has 0 atom stereocenters. The molecular weight excluding hydrogens is 186 g/mol. The molecule has 1 aromatic rings. The number of rotatable bonds is 3. The van der Waals surface area contributed by atoms with Gasteiger partial charge >= 0.3 is 0 Å². The monoisotopic (exact) mass is 201 g/mol. The van der Waals surface area contributed by atoms with Crippen molar-refractivity contribution in [2.24, 2.45) is 4.99 Å². The average Bonchev–Trinajstić information content (AvgIpc) is 2.79. The number of guanidine groups is 1. The molecule has 2 rings (SSSR count). The molecule has 0 saturated carbocycles. The van der Waals surface area contributed by atoms with Gasteiger partial charge in [0, 0.05) is 13.1 Å². The van der Waals surface area contributed by atoms with Gasteiger partial charge in [-0.05, 0) is 5.56 Å². The highest BCUT2D eigenvalue weighted by Crippen LogP contribution is 1.99. The minimum Gasteiger partial charge on any atom is -0.355 e. The summed E-state index contributed by atoms with van der Waals surface area (Å²) in [5.41, 5.74) is 1.22. The first-order valence-electron chi connectivity index (χ1n) is 5.19. The van der Waals surface area contributed by atoms with Crippen LogP contribution in [0, 0.1) is 0 Å². The van der Waals surface area contributed by atoms with Crippen LogP contribution in [0.3, 0.4) is 0 Å². The molecule has 0 unspecified atom stereocenters. The zero-order chi connectivity index (χ0) is 10.3. The lowest BCUT2D eigenvalue weighted by atomic mass is 10.2. The highest BCUT2D eigenvalue weighted by Gasteiger charge is 2.00. The third-order valence-electron chi connectivity index (χ3n) is 2.17. The Kier molecular flexibility index (Phi) is 3.38. The average molecular weight is 201 g/mol. The molecule has 1 aromatic carbocycles. The van der Waals surface area contributed by atoms with Gasteiger partial charge in [-0.15, -0.1) is 0 Å². The fourth-order valence-corrected chi connectivity index (χ4v) is 1.43. The van der Waals surface area contributed by atoms with E-state index in [2.05, 4.69) is 39.9 Å². The van der Waals surface area contributed by atoms with Crippen molar-refractivity contribution in [1.82, 2.24) is 10.6 Å². The van der Waals surface area contributed by atoms with Crippen LogP contribution in [0.4, 0.5) is 0 Å². The first-order chi connectivity index (χ1) is 7.45. The normalized spacial score (nSPS) is 15.1. The zero-order valence-corrected chi connectivity index (χ0v) is 8.61. The zero-order valence-electron chi connectivity index (χ0n) is 8.61. The van der Waals surface area contributed by atoms with Crippen LogP contribution in [-0.2, 0) is 0 Å². The quantitative estimate of drug-likeness (QED) is 0.772. The second-order valence-corrected chi connectivity index (χ2v) is 3.35. The lowest BCUT2D eigenvalue weighted by Crippen LogP contribution is -2.33. The number of hydrogen-bond acceptors (Lipinski definition) is 3. The fraction of sp³-hybridized carbons (Fsp3) is 0.250. The molecule has 0 aromatic heterocycles. The molecular formula is C12H15N3. The van der Waals surface area contributed by atoms with Crippen molar-refractivity contribution in [1.29, 1.82) is 0 Å². The van der Waals surface area contributed by atoms with E-state index in [9.17, 15) is 0 Å². The van der Waals surface area contributed by atoms with Crippen LogP contribution < -0.4 is 10.6 Å². The number of hydrogen-bond donors (Lipinski definition) is 2. The Bertz CT molecular complexity index is 354. The van der Waals surface area contributed by atoms with Crippen molar-refractivity contribution < 1.29 is 0 Å². The summed E-state index contributed by atoms with van der Waals surface area (Å²) in [5.74, 6) is 0.910. The number of benzene rings is 1. The van der Waals surface area contributed by atoms with Crippen LogP contribution >= 0.6 is 0 Å². The lowest BCUT2D eigenvalue weighted by molar-refractivity contribution is 0.924. The van der Waals surface area contributed by atoms with Gasteiger partial charge in [-0.1, -0.05) is 42.5 Å². The fourth-order valence-electron chi connectivity index (χ4n) is 1.43. The van der Waals surface area contributed by atoms with E-state index in [4.69, 9.17) is 0 Å². The molecule has 1 aliphatic heterocycles. The van der Waals surface area contributed by atoms with Crippen LogP contribution in [0.2, 0.25) is 0 Å². The van der Waals surface area contributed by atoms with Crippen LogP contribution in [0.5, 0.6) is 0 Å². The summed E-state index contributed by atoms with van der Waals surface area (Å²) in [6.07, 6.45) is 4.19. The van der Waals surface area contributed by atoms with E-state index >= 15 is 0 Å². The highest BCUT2D eigenvalue weighted by molar-refractivity contribution is 5.81. The lowest BCUT2D eigenvalue weighted by Gasteiger charge is -2.02. The molecule has 0 bridgehead atoms. The van der Waals surface area contributed by atoms with Gasteiger partial charge in [0.25, 0.3) is 0 Å². The third kappa shape index (κ3) is 3.13. The molecule has 3 heteroatoms. The molecule has 0 radical (unpaired) electrons. The van der Waals surface area contributed by atoms with Gasteiger partial charge in [-0.25, -0.2) is 0 Å². The Morgan fingerprint density at radius 1 is 1.33 bits per heavy atom. The Balaban J connectivity index is 1.76. The molecule has 1 heterocycles. The summed E-state index contributed by atoms with van der Waals surface area (Å²) in [7, 11) is 0. The van der Waals surface area contributed by atoms with Gasteiger partial charge < -0.3 is 10.6 Å². The molecule has 0 amide bonds. The van der Waals surface area contributed by atoms with Gasteiger partial charge in [0.05, 0.1) is 6.54 Å². The van der Waals surface area contributed by atoms with Gasteiger partial charge in [-0.2, -0.15) is 0 Å². The predicted molar refractivity (Wildman–Crippen MR) is 63.8 cm³/mol. The van der Waals surface area contributed by atoms with Gasteiger partial charge in [0.15, 0.2) is 5.96 Å². The Labute approximate surface area is 89.9 Å². The molecule has 0 aliphatic carbocycles. The smallest absolute Gasteiger partial charge is 0.191 e. The van der Waals surface area contributed by atoms with Crippen LogP contribution in [0.15, 0.2) is 41.4 Å². The summed E-state index contributed by atoms with van der Waals surface area (Å²) in [6, 6.07) is 10.3. The number of nitrogens with one attached hydrogen (secondary N) is 2. The van der Waals surface area contributed by atoms with Gasteiger partial charge in [0.2, 0.25) is 0 Å². The molecule has 15 heavy (non-hydrogen) atoms. The Morgan fingerprint density at radius 3 is 2.93 bits per heavy atom. The second kappa shape index (κ2) is 5.20. The molecule has 0 saturated heterocycles. The van der Waals surface area contributed by atoms with Crippen molar-refractivity contribution in [3.05, 3.63) is 42.0 Å². The molecule has 0 spiro atoms. The van der Waals surface area contributed by atoms with Crippen LogP contribution in [-0.4, -0.2) is 25.6 Å². The van der Waals surface area contributed by atoms with E-state index in [1.54, 1.807) is 0 Å². The summed E-state index contributed by atoms with van der Waals surface area (Å²) >= 11 is 0. The SMILES string of the molecule is C(=C\c1ccccc1)/CNC1=NCCN1. The maximum absolute atomic E-state index is 4.24. The van der Waals surface area contributed by atoms with E-state index in [1.807, 2.05) is 18.2 Å². The highest BCUT2D eigenvalue weighted by atomic mass is 15.2. The standard InChI is InChI=1S/C12H15N3/c1-2-5-11(6-3-1)7-4-8-13-12-14-9-10-15-12/h1-7H,8-10H2,(H2,13,14,15)/b7-4+. The summed E-state index contributed by atoms with van der Waals surface area (Å²) < 4.78 is 0. The van der Waals surface area contributed by atoms with Crippen LogP contribution in [0.25, 0.3) is 6.08 Å². The van der Waals surface area contributed by atoms with Crippen molar-refractivity contribution in [2.45, 2.75) is 0 Å². The first kappa shape index (κ1) is 9.77. The minimum atomic E-state index is 0.806. The molecule has 1 aliphatic rings. The maximum atomic E-state index is 4.24. The van der Waals surface area contributed by atoms with E-state index < -0.39 is 0 Å². The van der Waals surface area contributed by atoms with E-state index in [1.165, 1.54) is 5.56 Å². The van der Waals surface area contributed by atoms with Crippen molar-refractivity contribution in [2.75, 3.05) is 19.6 Å². The first-order valence-corrected chi connectivity index (χ1v) is 5.19. The van der Waals surface area contributed by atoms with Gasteiger partial charge in [0.1, 0.15) is 0 Å². The predicted octanol–water partition coefficient (Wildman–Crippen LogP) is 1.25.